The number of benzene rings is 1. The van der Waals surface area contributed by atoms with E-state index in [0.29, 0.717) is 17.5 Å². The Balaban J connectivity index is 2.01. The molecule has 1 N–H and O–H groups in total. The third-order valence-electron chi connectivity index (χ3n) is 4.57. The predicted molar refractivity (Wildman–Crippen MR) is 89.6 cm³/mol. The van der Waals surface area contributed by atoms with Gasteiger partial charge in [-0.25, -0.2) is 4.68 Å². The molecule has 0 radical (unpaired) electrons. The van der Waals surface area contributed by atoms with Crippen LogP contribution in [0, 0.1) is 12.8 Å². The van der Waals surface area contributed by atoms with E-state index in [9.17, 15) is 22.8 Å². The maximum absolute atomic E-state index is 13.7. The summed E-state index contributed by atoms with van der Waals surface area (Å²) >= 11 is 0. The lowest BCUT2D eigenvalue weighted by Gasteiger charge is -2.30. The van der Waals surface area contributed by atoms with Crippen LogP contribution in [0.25, 0.3) is 5.69 Å². The summed E-state index contributed by atoms with van der Waals surface area (Å²) in [5.41, 5.74) is -0.779. The van der Waals surface area contributed by atoms with Crippen molar-refractivity contribution < 1.29 is 27.9 Å². The van der Waals surface area contributed by atoms with Gasteiger partial charge in [-0.3, -0.25) is 9.59 Å². The number of aromatic nitrogens is 2. The average Bonchev–Trinajstić information content (AvgIpc) is 3.06. The van der Waals surface area contributed by atoms with Crippen molar-refractivity contribution in [2.24, 2.45) is 5.92 Å². The van der Waals surface area contributed by atoms with E-state index in [-0.39, 0.29) is 18.8 Å². The number of aliphatic carboxylic acids is 1. The molecule has 9 heteroatoms. The number of carboxylic acids is 1. The van der Waals surface area contributed by atoms with E-state index in [1.54, 1.807) is 19.1 Å². The molecule has 0 aliphatic carbocycles. The van der Waals surface area contributed by atoms with Gasteiger partial charge >= 0.3 is 12.1 Å². The third kappa shape index (κ3) is 3.81. The van der Waals surface area contributed by atoms with Crippen LogP contribution in [0.5, 0.6) is 0 Å². The molecule has 3 rings (SSSR count). The fourth-order valence-electron chi connectivity index (χ4n) is 3.27. The molecule has 144 valence electrons. The number of carbonyl (C=O) groups excluding carboxylic acids is 1. The van der Waals surface area contributed by atoms with Crippen molar-refractivity contribution in [2.75, 3.05) is 13.1 Å². The molecule has 1 amide bonds. The number of rotatable bonds is 3. The second kappa shape index (κ2) is 7.05. The molecule has 1 aliphatic heterocycles. The SMILES string of the molecule is Cc1cccc(-n2ncc(C(=O)N3CCC[C@H](C(=O)O)C3)c2C(F)(F)F)c1. The van der Waals surface area contributed by atoms with E-state index in [4.69, 9.17) is 5.11 Å². The molecule has 2 heterocycles. The molecule has 6 nitrogen and oxygen atoms in total. The van der Waals surface area contributed by atoms with E-state index in [0.717, 1.165) is 16.7 Å². The van der Waals surface area contributed by atoms with Crippen molar-refractivity contribution in [3.63, 3.8) is 0 Å². The zero-order valence-corrected chi connectivity index (χ0v) is 14.5. The molecular formula is C18H18F3N3O3. The Bertz CT molecular complexity index is 876. The van der Waals surface area contributed by atoms with Gasteiger partial charge in [-0.05, 0) is 37.5 Å². The first-order valence-corrected chi connectivity index (χ1v) is 8.43. The number of aryl methyl sites for hydroxylation is 1. The smallest absolute Gasteiger partial charge is 0.434 e. The first-order chi connectivity index (χ1) is 12.7. The van der Waals surface area contributed by atoms with Crippen LogP contribution in [0.15, 0.2) is 30.5 Å². The molecule has 0 spiro atoms. The molecule has 0 unspecified atom stereocenters. The van der Waals surface area contributed by atoms with Gasteiger partial charge in [0.1, 0.15) is 0 Å². The lowest BCUT2D eigenvalue weighted by atomic mass is 9.97. The van der Waals surface area contributed by atoms with E-state index < -0.39 is 35.2 Å². The molecule has 27 heavy (non-hydrogen) atoms. The first kappa shape index (κ1) is 18.9. The molecule has 1 aliphatic rings. The van der Waals surface area contributed by atoms with Crippen molar-refractivity contribution in [2.45, 2.75) is 25.9 Å². The zero-order valence-electron chi connectivity index (χ0n) is 14.5. The minimum Gasteiger partial charge on any atom is -0.481 e. The summed E-state index contributed by atoms with van der Waals surface area (Å²) in [5, 5.41) is 12.9. The van der Waals surface area contributed by atoms with Gasteiger partial charge in [0.25, 0.3) is 5.91 Å². The Morgan fingerprint density at radius 2 is 2.04 bits per heavy atom. The second-order valence-electron chi connectivity index (χ2n) is 6.58. The van der Waals surface area contributed by atoms with E-state index in [1.165, 1.54) is 12.1 Å². The predicted octanol–water partition coefficient (Wildman–Crippen LogP) is 3.14. The highest BCUT2D eigenvalue weighted by molar-refractivity contribution is 5.96. The molecule has 1 fully saturated rings. The molecule has 0 saturated carbocycles. The topological polar surface area (TPSA) is 75.4 Å². The highest BCUT2D eigenvalue weighted by Gasteiger charge is 2.42. The van der Waals surface area contributed by atoms with Crippen molar-refractivity contribution in [3.8, 4) is 5.69 Å². The molecule has 1 saturated heterocycles. The number of likely N-dealkylation sites (tertiary alicyclic amines) is 1. The molecule has 1 aromatic heterocycles. The normalized spacial score (nSPS) is 17.8. The minimum atomic E-state index is -4.80. The Labute approximate surface area is 153 Å². The largest absolute Gasteiger partial charge is 0.481 e. The number of hydrogen-bond donors (Lipinski definition) is 1. The van der Waals surface area contributed by atoms with Crippen LogP contribution in [0.2, 0.25) is 0 Å². The van der Waals surface area contributed by atoms with Crippen molar-refractivity contribution in [1.82, 2.24) is 14.7 Å². The number of alkyl halides is 3. The number of nitrogens with zero attached hydrogens (tertiary/aromatic N) is 3. The van der Waals surface area contributed by atoms with Crippen LogP contribution < -0.4 is 0 Å². The van der Waals surface area contributed by atoms with Gasteiger partial charge < -0.3 is 10.0 Å². The molecular weight excluding hydrogens is 363 g/mol. The summed E-state index contributed by atoms with van der Waals surface area (Å²) in [6, 6.07) is 6.37. The lowest BCUT2D eigenvalue weighted by Crippen LogP contribution is -2.42. The van der Waals surface area contributed by atoms with E-state index in [2.05, 4.69) is 5.10 Å². The fraction of sp³-hybridized carbons (Fsp3) is 0.389. The van der Waals surface area contributed by atoms with Crippen molar-refractivity contribution in [3.05, 3.63) is 47.3 Å². The molecule has 1 atom stereocenters. The first-order valence-electron chi connectivity index (χ1n) is 8.43. The standard InChI is InChI=1S/C18H18F3N3O3/c1-11-4-2-6-13(8-11)24-15(18(19,20)21)14(9-22-24)16(25)23-7-3-5-12(10-23)17(26)27/h2,4,6,8-9,12H,3,5,7,10H2,1H3,(H,26,27)/t12-/m0/s1. The zero-order chi connectivity index (χ0) is 19.8. The van der Waals surface area contributed by atoms with Crippen LogP contribution in [0.3, 0.4) is 0 Å². The summed E-state index contributed by atoms with van der Waals surface area (Å²) in [5.74, 6) is -2.69. The maximum atomic E-state index is 13.7. The quantitative estimate of drug-likeness (QED) is 0.886. The van der Waals surface area contributed by atoms with Crippen LogP contribution in [-0.2, 0) is 11.0 Å². The number of halogens is 3. The maximum Gasteiger partial charge on any atom is 0.434 e. The average molecular weight is 381 g/mol. The minimum absolute atomic E-state index is 0.110. The fourth-order valence-corrected chi connectivity index (χ4v) is 3.27. The van der Waals surface area contributed by atoms with Gasteiger partial charge in [0.15, 0.2) is 5.69 Å². The number of amides is 1. The van der Waals surface area contributed by atoms with Gasteiger partial charge in [-0.1, -0.05) is 12.1 Å². The Hall–Kier alpha value is -2.84. The third-order valence-corrected chi connectivity index (χ3v) is 4.57. The van der Waals surface area contributed by atoms with Gasteiger partial charge in [-0.2, -0.15) is 18.3 Å². The second-order valence-corrected chi connectivity index (χ2v) is 6.58. The summed E-state index contributed by atoms with van der Waals surface area (Å²) in [6.45, 7) is 1.85. The van der Waals surface area contributed by atoms with Crippen LogP contribution in [0.1, 0.15) is 34.5 Å². The van der Waals surface area contributed by atoms with Gasteiger partial charge in [-0.15, -0.1) is 0 Å². The summed E-state index contributed by atoms with van der Waals surface area (Å²) in [7, 11) is 0. The Morgan fingerprint density at radius 3 is 2.67 bits per heavy atom. The van der Waals surface area contributed by atoms with Crippen LogP contribution in [0.4, 0.5) is 13.2 Å². The number of hydrogen-bond acceptors (Lipinski definition) is 3. The number of piperidine rings is 1. The molecule has 0 bridgehead atoms. The number of carbonyl (C=O) groups is 2. The van der Waals surface area contributed by atoms with Gasteiger partial charge in [0, 0.05) is 13.1 Å². The Morgan fingerprint density at radius 1 is 1.30 bits per heavy atom. The monoisotopic (exact) mass is 381 g/mol. The highest BCUT2D eigenvalue weighted by atomic mass is 19.4. The van der Waals surface area contributed by atoms with Gasteiger partial charge in [0.05, 0.1) is 23.4 Å². The van der Waals surface area contributed by atoms with E-state index >= 15 is 0 Å². The highest BCUT2D eigenvalue weighted by Crippen LogP contribution is 2.34. The molecule has 1 aromatic carbocycles. The van der Waals surface area contributed by atoms with E-state index in [1.807, 2.05) is 0 Å². The van der Waals surface area contributed by atoms with Crippen molar-refractivity contribution >= 4 is 11.9 Å². The molecule has 2 aromatic rings. The summed E-state index contributed by atoms with van der Waals surface area (Å²) in [6.07, 6.45) is -3.07. The van der Waals surface area contributed by atoms with Gasteiger partial charge in [0.2, 0.25) is 0 Å². The lowest BCUT2D eigenvalue weighted by molar-refractivity contribution is -0.144. The summed E-state index contributed by atoms with van der Waals surface area (Å²) in [4.78, 5) is 25.1. The van der Waals surface area contributed by atoms with Crippen LogP contribution >= 0.6 is 0 Å². The Kier molecular flexibility index (Phi) is 4.95. The number of carboxylic acid groups (broad SMARTS) is 1. The van der Waals surface area contributed by atoms with Crippen LogP contribution in [-0.4, -0.2) is 44.8 Å². The summed E-state index contributed by atoms with van der Waals surface area (Å²) < 4.78 is 41.9. The van der Waals surface area contributed by atoms with Crippen molar-refractivity contribution in [1.29, 1.82) is 0 Å².